The predicted molar refractivity (Wildman–Crippen MR) is 139 cm³/mol. The summed E-state index contributed by atoms with van der Waals surface area (Å²) in [5.74, 6) is 0.455. The predicted octanol–water partition coefficient (Wildman–Crippen LogP) is 5.59. The molecule has 7 nitrogen and oxygen atoms in total. The van der Waals surface area contributed by atoms with Crippen LogP contribution in [-0.4, -0.2) is 57.3 Å². The number of piperazine rings is 1. The second kappa shape index (κ2) is 9.26. The highest BCUT2D eigenvalue weighted by molar-refractivity contribution is 5.86. The minimum absolute atomic E-state index is 0.271. The van der Waals surface area contributed by atoms with Crippen LogP contribution in [0.2, 0.25) is 0 Å². The molecule has 36 heavy (non-hydrogen) atoms. The Balaban J connectivity index is 1.49. The smallest absolute Gasteiger partial charge is 0.410 e. The van der Waals surface area contributed by atoms with E-state index in [2.05, 4.69) is 26.6 Å². The van der Waals surface area contributed by atoms with Crippen LogP contribution in [-0.2, 0) is 4.74 Å². The zero-order valence-corrected chi connectivity index (χ0v) is 21.0. The average Bonchev–Trinajstić information content (AvgIpc) is 3.22. The Morgan fingerprint density at radius 1 is 0.944 bits per heavy atom. The average molecular weight is 488 g/mol. The number of ether oxygens (including phenoxy) is 1. The molecule has 0 saturated carbocycles. The number of nitrogens with zero attached hydrogens (tertiary/aromatic N) is 5. The van der Waals surface area contributed by atoms with Gasteiger partial charge in [0.25, 0.3) is 0 Å². The van der Waals surface area contributed by atoms with Gasteiger partial charge in [-0.15, -0.1) is 0 Å². The number of benzene rings is 2. The highest BCUT2D eigenvalue weighted by atomic mass is 19.1. The van der Waals surface area contributed by atoms with Crippen LogP contribution in [0.4, 0.5) is 14.9 Å². The first kappa shape index (κ1) is 23.8. The van der Waals surface area contributed by atoms with Crippen molar-refractivity contribution in [1.82, 2.24) is 19.4 Å². The fourth-order valence-corrected chi connectivity index (χ4v) is 4.46. The summed E-state index contributed by atoms with van der Waals surface area (Å²) in [5.41, 5.74) is 5.01. The highest BCUT2D eigenvalue weighted by Crippen LogP contribution is 2.32. The zero-order chi connectivity index (χ0) is 25.4. The second-order valence-electron chi connectivity index (χ2n) is 10.1. The molecule has 4 aromatic rings. The Bertz CT molecular complexity index is 1400. The largest absolute Gasteiger partial charge is 0.444 e. The molecule has 0 unspecified atom stereocenters. The first-order valence-electron chi connectivity index (χ1n) is 12.1. The lowest BCUT2D eigenvalue weighted by Crippen LogP contribution is -2.50. The number of aromatic nitrogens is 3. The van der Waals surface area contributed by atoms with E-state index < -0.39 is 5.60 Å². The molecule has 2 aromatic carbocycles. The minimum Gasteiger partial charge on any atom is -0.444 e. The first-order chi connectivity index (χ1) is 17.2. The lowest BCUT2D eigenvalue weighted by molar-refractivity contribution is 0.0240. The first-order valence-corrected chi connectivity index (χ1v) is 12.1. The van der Waals surface area contributed by atoms with Gasteiger partial charge in [-0.2, -0.15) is 0 Å². The number of aryl methyl sites for hydroxylation is 1. The number of halogens is 1. The molecule has 2 aromatic heterocycles. The summed E-state index contributed by atoms with van der Waals surface area (Å²) < 4.78 is 21.3. The second-order valence-corrected chi connectivity index (χ2v) is 10.1. The van der Waals surface area contributed by atoms with Crippen LogP contribution in [0.1, 0.15) is 26.5 Å². The van der Waals surface area contributed by atoms with Gasteiger partial charge in [0, 0.05) is 49.3 Å². The third-order valence-corrected chi connectivity index (χ3v) is 6.18. The minimum atomic E-state index is -0.509. The maximum absolute atomic E-state index is 13.6. The van der Waals surface area contributed by atoms with Crippen molar-refractivity contribution in [3.8, 4) is 17.1 Å². The van der Waals surface area contributed by atoms with Crippen molar-refractivity contribution in [3.63, 3.8) is 0 Å². The lowest BCUT2D eigenvalue weighted by atomic mass is 10.2. The molecule has 1 amide bonds. The van der Waals surface area contributed by atoms with Gasteiger partial charge >= 0.3 is 6.09 Å². The maximum atomic E-state index is 13.6. The summed E-state index contributed by atoms with van der Waals surface area (Å²) in [4.78, 5) is 25.7. The number of carbonyl (C=O) groups is 1. The molecule has 1 aliphatic rings. The molecule has 1 saturated heterocycles. The van der Waals surface area contributed by atoms with E-state index in [1.165, 1.54) is 12.1 Å². The van der Waals surface area contributed by atoms with E-state index in [1.807, 2.05) is 45.9 Å². The molecule has 5 rings (SSSR count). The molecular formula is C28H30FN5O2. The van der Waals surface area contributed by atoms with Gasteiger partial charge in [-0.25, -0.2) is 14.2 Å². The van der Waals surface area contributed by atoms with E-state index in [1.54, 1.807) is 23.2 Å². The van der Waals surface area contributed by atoms with Crippen molar-refractivity contribution >= 4 is 22.8 Å². The van der Waals surface area contributed by atoms with Crippen LogP contribution in [0, 0.1) is 12.7 Å². The Kier molecular flexibility index (Phi) is 6.12. The van der Waals surface area contributed by atoms with Gasteiger partial charge < -0.3 is 14.5 Å². The highest BCUT2D eigenvalue weighted by Gasteiger charge is 2.26. The van der Waals surface area contributed by atoms with Crippen molar-refractivity contribution < 1.29 is 13.9 Å². The van der Waals surface area contributed by atoms with Crippen LogP contribution in [0.25, 0.3) is 28.1 Å². The lowest BCUT2D eigenvalue weighted by Gasteiger charge is -2.36. The van der Waals surface area contributed by atoms with Crippen LogP contribution in [0.3, 0.4) is 0 Å². The van der Waals surface area contributed by atoms with Crippen molar-refractivity contribution in [3.05, 3.63) is 72.3 Å². The van der Waals surface area contributed by atoms with Crippen molar-refractivity contribution in [2.45, 2.75) is 33.3 Å². The van der Waals surface area contributed by atoms with Gasteiger partial charge in [-0.1, -0.05) is 0 Å². The maximum Gasteiger partial charge on any atom is 0.410 e. The van der Waals surface area contributed by atoms with E-state index in [-0.39, 0.29) is 11.9 Å². The standard InChI is InChI=1S/C28H30FN5O2/c1-19-17-23(11-12-30-19)34-25-18-22(32-13-15-33(16-14-32)27(35)36-28(2,3)4)9-10-24(25)31-26(34)20-5-7-21(29)8-6-20/h5-12,17-18H,13-16H2,1-4H3. The van der Waals surface area contributed by atoms with E-state index >= 15 is 0 Å². The fourth-order valence-electron chi connectivity index (χ4n) is 4.46. The molecule has 3 heterocycles. The normalized spacial score (nSPS) is 14.4. The van der Waals surface area contributed by atoms with E-state index in [4.69, 9.17) is 9.72 Å². The van der Waals surface area contributed by atoms with E-state index in [0.29, 0.717) is 26.2 Å². The molecule has 0 spiro atoms. The number of hydrogen-bond acceptors (Lipinski definition) is 5. The number of imidazole rings is 1. The number of rotatable bonds is 3. The molecule has 8 heteroatoms. The van der Waals surface area contributed by atoms with Gasteiger partial charge in [0.15, 0.2) is 0 Å². The third kappa shape index (κ3) is 4.89. The van der Waals surface area contributed by atoms with Crippen LogP contribution in [0.5, 0.6) is 0 Å². The molecule has 0 atom stereocenters. The fraction of sp³-hybridized carbons (Fsp3) is 0.321. The molecule has 1 fully saturated rings. The number of hydrogen-bond donors (Lipinski definition) is 0. The van der Waals surface area contributed by atoms with Gasteiger partial charge in [-0.05, 0) is 82.3 Å². The number of carbonyl (C=O) groups excluding carboxylic acids is 1. The molecular weight excluding hydrogens is 457 g/mol. The number of pyridine rings is 1. The van der Waals surface area contributed by atoms with Crippen LogP contribution >= 0.6 is 0 Å². The van der Waals surface area contributed by atoms with Crippen LogP contribution in [0.15, 0.2) is 60.8 Å². The number of amides is 1. The van der Waals surface area contributed by atoms with Crippen molar-refractivity contribution in [2.75, 3.05) is 31.1 Å². The Morgan fingerprint density at radius 3 is 2.33 bits per heavy atom. The topological polar surface area (TPSA) is 63.5 Å². The van der Waals surface area contributed by atoms with Gasteiger partial charge in [0.1, 0.15) is 17.2 Å². The zero-order valence-electron chi connectivity index (χ0n) is 21.0. The van der Waals surface area contributed by atoms with E-state index in [0.717, 1.165) is 39.5 Å². The van der Waals surface area contributed by atoms with Gasteiger partial charge in [-0.3, -0.25) is 9.55 Å². The molecule has 0 aliphatic carbocycles. The summed E-state index contributed by atoms with van der Waals surface area (Å²) in [6, 6.07) is 16.6. The summed E-state index contributed by atoms with van der Waals surface area (Å²) in [5, 5.41) is 0. The summed E-state index contributed by atoms with van der Waals surface area (Å²) in [6.45, 7) is 10.2. The third-order valence-electron chi connectivity index (χ3n) is 6.18. The SMILES string of the molecule is Cc1cc(-n2c(-c3ccc(F)cc3)nc3ccc(N4CCN(C(=O)OC(C)(C)C)CC4)cc32)ccn1. The molecule has 0 bridgehead atoms. The van der Waals surface area contributed by atoms with Crippen molar-refractivity contribution in [2.24, 2.45) is 0 Å². The van der Waals surface area contributed by atoms with Crippen molar-refractivity contribution in [1.29, 1.82) is 0 Å². The monoisotopic (exact) mass is 487 g/mol. The van der Waals surface area contributed by atoms with Gasteiger partial charge in [0.05, 0.1) is 16.7 Å². The number of fused-ring (bicyclic) bond motifs is 1. The number of anilines is 1. The molecule has 186 valence electrons. The molecule has 1 aliphatic heterocycles. The van der Waals surface area contributed by atoms with E-state index in [9.17, 15) is 9.18 Å². The molecule has 0 radical (unpaired) electrons. The Hall–Kier alpha value is -3.94. The van der Waals surface area contributed by atoms with Crippen LogP contribution < -0.4 is 4.90 Å². The summed E-state index contributed by atoms with van der Waals surface area (Å²) >= 11 is 0. The summed E-state index contributed by atoms with van der Waals surface area (Å²) in [6.07, 6.45) is 1.51. The summed E-state index contributed by atoms with van der Waals surface area (Å²) in [7, 11) is 0. The van der Waals surface area contributed by atoms with Gasteiger partial charge in [0.2, 0.25) is 0 Å². The Labute approximate surface area is 210 Å². The quantitative estimate of drug-likeness (QED) is 0.377. The Morgan fingerprint density at radius 2 is 1.67 bits per heavy atom. The molecule has 0 N–H and O–H groups in total.